The summed E-state index contributed by atoms with van der Waals surface area (Å²) in [5.74, 6) is 0.651. The van der Waals surface area contributed by atoms with E-state index in [1.165, 1.54) is 0 Å². The van der Waals surface area contributed by atoms with E-state index in [-0.39, 0.29) is 6.54 Å². The summed E-state index contributed by atoms with van der Waals surface area (Å²) in [5, 5.41) is 16.4. The maximum atomic E-state index is 10.7. The molecule has 0 spiro atoms. The number of rotatable bonds is 5. The maximum Gasteiger partial charge on any atom is 0.404 e. The fraction of sp³-hybridized carbons (Fsp3) is 0.158. The van der Waals surface area contributed by atoms with Crippen molar-refractivity contribution < 1.29 is 14.6 Å². The van der Waals surface area contributed by atoms with E-state index in [0.717, 1.165) is 28.1 Å². The first kappa shape index (κ1) is 17.8. The third kappa shape index (κ3) is 3.81. The lowest BCUT2D eigenvalue weighted by molar-refractivity contribution is 0.194. The Kier molecular flexibility index (Phi) is 5.14. The van der Waals surface area contributed by atoms with Crippen LogP contribution in [-0.2, 0) is 6.54 Å². The van der Waals surface area contributed by atoms with Crippen molar-refractivity contribution in [3.8, 4) is 22.7 Å². The van der Waals surface area contributed by atoms with Gasteiger partial charge in [-0.1, -0.05) is 17.7 Å². The van der Waals surface area contributed by atoms with E-state index in [1.54, 1.807) is 23.9 Å². The Hall–Kier alpha value is -2.99. The molecule has 0 atom stereocenters. The van der Waals surface area contributed by atoms with Gasteiger partial charge in [0.15, 0.2) is 0 Å². The SMILES string of the molecule is COc1cc(Cl)ccc1-c1ccn(-c2ccc(C)c(CNC(=O)O)c2)n1. The number of ether oxygens (including phenoxy) is 1. The summed E-state index contributed by atoms with van der Waals surface area (Å²) in [6.07, 6.45) is 0.800. The fourth-order valence-corrected chi connectivity index (χ4v) is 2.81. The Labute approximate surface area is 156 Å². The number of hydrogen-bond acceptors (Lipinski definition) is 3. The van der Waals surface area contributed by atoms with Gasteiger partial charge >= 0.3 is 6.09 Å². The van der Waals surface area contributed by atoms with Crippen LogP contribution in [0.3, 0.4) is 0 Å². The molecule has 26 heavy (non-hydrogen) atoms. The Bertz CT molecular complexity index is 953. The molecule has 3 rings (SSSR count). The van der Waals surface area contributed by atoms with Crippen molar-refractivity contribution >= 4 is 17.7 Å². The lowest BCUT2D eigenvalue weighted by Gasteiger charge is -2.09. The predicted molar refractivity (Wildman–Crippen MR) is 100 cm³/mol. The number of benzene rings is 2. The van der Waals surface area contributed by atoms with Crippen LogP contribution in [0.4, 0.5) is 4.79 Å². The first-order valence-corrected chi connectivity index (χ1v) is 8.32. The van der Waals surface area contributed by atoms with Gasteiger partial charge in [0, 0.05) is 23.3 Å². The number of hydrogen-bond donors (Lipinski definition) is 2. The van der Waals surface area contributed by atoms with Gasteiger partial charge in [0.2, 0.25) is 0 Å². The van der Waals surface area contributed by atoms with Crippen LogP contribution < -0.4 is 10.1 Å². The zero-order valence-electron chi connectivity index (χ0n) is 14.4. The number of methoxy groups -OCH3 is 1. The van der Waals surface area contributed by atoms with E-state index < -0.39 is 6.09 Å². The zero-order valence-corrected chi connectivity index (χ0v) is 15.1. The number of nitrogens with zero attached hydrogens (tertiary/aromatic N) is 2. The molecule has 2 aromatic carbocycles. The highest BCUT2D eigenvalue weighted by Crippen LogP contribution is 2.31. The van der Waals surface area contributed by atoms with Gasteiger partial charge in [-0.3, -0.25) is 0 Å². The predicted octanol–water partition coefficient (Wildman–Crippen LogP) is 4.28. The largest absolute Gasteiger partial charge is 0.496 e. The summed E-state index contributed by atoms with van der Waals surface area (Å²) < 4.78 is 7.13. The number of aryl methyl sites for hydroxylation is 1. The van der Waals surface area contributed by atoms with E-state index in [2.05, 4.69) is 10.4 Å². The minimum Gasteiger partial charge on any atom is -0.496 e. The summed E-state index contributed by atoms with van der Waals surface area (Å²) >= 11 is 6.01. The molecular formula is C19H18ClN3O3. The van der Waals surface area contributed by atoms with Crippen molar-refractivity contribution in [2.45, 2.75) is 13.5 Å². The van der Waals surface area contributed by atoms with Gasteiger partial charge < -0.3 is 15.2 Å². The van der Waals surface area contributed by atoms with E-state index in [4.69, 9.17) is 21.4 Å². The molecule has 0 aliphatic heterocycles. The smallest absolute Gasteiger partial charge is 0.404 e. The Morgan fingerprint density at radius 1 is 1.27 bits per heavy atom. The van der Waals surface area contributed by atoms with E-state index >= 15 is 0 Å². The number of carbonyl (C=O) groups is 1. The van der Waals surface area contributed by atoms with Crippen LogP contribution in [0.5, 0.6) is 5.75 Å². The molecule has 134 valence electrons. The van der Waals surface area contributed by atoms with Crippen molar-refractivity contribution in [1.82, 2.24) is 15.1 Å². The van der Waals surface area contributed by atoms with Gasteiger partial charge in [-0.25, -0.2) is 9.48 Å². The lowest BCUT2D eigenvalue weighted by atomic mass is 10.1. The molecule has 0 saturated carbocycles. The average molecular weight is 372 g/mol. The van der Waals surface area contributed by atoms with Crippen molar-refractivity contribution in [2.75, 3.05) is 7.11 Å². The monoisotopic (exact) mass is 371 g/mol. The molecule has 2 N–H and O–H groups in total. The molecule has 6 nitrogen and oxygen atoms in total. The molecule has 0 aliphatic carbocycles. The molecule has 0 aliphatic rings. The average Bonchev–Trinajstić information content (AvgIpc) is 3.10. The van der Waals surface area contributed by atoms with Crippen LogP contribution >= 0.6 is 11.6 Å². The molecule has 1 amide bonds. The fourth-order valence-electron chi connectivity index (χ4n) is 2.65. The number of aromatic nitrogens is 2. The minimum atomic E-state index is -1.05. The van der Waals surface area contributed by atoms with E-state index in [1.807, 2.05) is 43.5 Å². The van der Waals surface area contributed by atoms with Crippen molar-refractivity contribution in [3.05, 3.63) is 64.8 Å². The van der Waals surface area contributed by atoms with Crippen LogP contribution in [0.1, 0.15) is 11.1 Å². The molecule has 7 heteroatoms. The van der Waals surface area contributed by atoms with Crippen molar-refractivity contribution in [3.63, 3.8) is 0 Å². The molecule has 1 heterocycles. The van der Waals surface area contributed by atoms with E-state index in [9.17, 15) is 4.79 Å². The summed E-state index contributed by atoms with van der Waals surface area (Å²) in [6.45, 7) is 2.18. The first-order chi connectivity index (χ1) is 12.5. The number of amides is 1. The maximum absolute atomic E-state index is 10.7. The summed E-state index contributed by atoms with van der Waals surface area (Å²) in [5.41, 5.74) is 4.34. The second kappa shape index (κ2) is 7.49. The third-order valence-corrected chi connectivity index (χ3v) is 4.29. The van der Waals surface area contributed by atoms with Crippen LogP contribution in [0.25, 0.3) is 16.9 Å². The standard InChI is InChI=1S/C19H18ClN3O3/c1-12-3-5-15(9-13(12)11-21-19(24)25)23-8-7-17(22-23)16-6-4-14(20)10-18(16)26-2/h3-10,21H,11H2,1-2H3,(H,24,25). The quantitative estimate of drug-likeness (QED) is 0.702. The molecule has 0 fully saturated rings. The topological polar surface area (TPSA) is 76.4 Å². The third-order valence-electron chi connectivity index (χ3n) is 4.06. The molecule has 0 saturated heterocycles. The summed E-state index contributed by atoms with van der Waals surface area (Å²) in [7, 11) is 1.59. The number of carboxylic acid groups (broad SMARTS) is 1. The first-order valence-electron chi connectivity index (χ1n) is 7.94. The Morgan fingerprint density at radius 2 is 2.08 bits per heavy atom. The molecule has 3 aromatic rings. The molecule has 1 aromatic heterocycles. The van der Waals surface area contributed by atoms with Gasteiger partial charge in [0.25, 0.3) is 0 Å². The second-order valence-corrected chi connectivity index (χ2v) is 6.20. The summed E-state index contributed by atoms with van der Waals surface area (Å²) in [4.78, 5) is 10.7. The molecular weight excluding hydrogens is 354 g/mol. The second-order valence-electron chi connectivity index (χ2n) is 5.76. The Balaban J connectivity index is 1.93. The van der Waals surface area contributed by atoms with Gasteiger partial charge in [-0.15, -0.1) is 0 Å². The van der Waals surface area contributed by atoms with E-state index in [0.29, 0.717) is 10.8 Å². The van der Waals surface area contributed by atoms with Crippen LogP contribution in [0.2, 0.25) is 5.02 Å². The molecule has 0 radical (unpaired) electrons. The zero-order chi connectivity index (χ0) is 18.7. The Morgan fingerprint density at radius 3 is 2.81 bits per heavy atom. The normalized spacial score (nSPS) is 10.6. The van der Waals surface area contributed by atoms with Gasteiger partial charge in [0.05, 0.1) is 18.5 Å². The summed E-state index contributed by atoms with van der Waals surface area (Å²) in [6, 6.07) is 13.1. The highest BCUT2D eigenvalue weighted by Gasteiger charge is 2.11. The highest BCUT2D eigenvalue weighted by molar-refractivity contribution is 6.30. The molecule has 0 bridgehead atoms. The minimum absolute atomic E-state index is 0.244. The van der Waals surface area contributed by atoms with Crippen molar-refractivity contribution in [1.29, 1.82) is 0 Å². The molecule has 0 unspecified atom stereocenters. The lowest BCUT2D eigenvalue weighted by Crippen LogP contribution is -2.20. The highest BCUT2D eigenvalue weighted by atomic mass is 35.5. The van der Waals surface area contributed by atoms with Crippen LogP contribution in [0, 0.1) is 6.92 Å². The van der Waals surface area contributed by atoms with Crippen molar-refractivity contribution in [2.24, 2.45) is 0 Å². The van der Waals surface area contributed by atoms with Gasteiger partial charge in [-0.05, 0) is 54.4 Å². The van der Waals surface area contributed by atoms with Gasteiger partial charge in [0.1, 0.15) is 5.75 Å². The number of nitrogens with one attached hydrogen (secondary N) is 1. The number of halogens is 1. The van der Waals surface area contributed by atoms with Gasteiger partial charge in [-0.2, -0.15) is 5.10 Å². The van der Waals surface area contributed by atoms with Crippen LogP contribution in [-0.4, -0.2) is 28.1 Å². The van der Waals surface area contributed by atoms with Crippen LogP contribution in [0.15, 0.2) is 48.7 Å².